The third-order valence-corrected chi connectivity index (χ3v) is 4.28. The molecule has 0 aliphatic heterocycles. The van der Waals surface area contributed by atoms with Crippen LogP contribution in [-0.2, 0) is 16.2 Å². The Labute approximate surface area is 176 Å². The molecule has 6 nitrogen and oxygen atoms in total. The van der Waals surface area contributed by atoms with Gasteiger partial charge in [0, 0.05) is 11.9 Å². The molecule has 0 heterocycles. The first-order chi connectivity index (χ1) is 13.3. The number of carbonyl (C=O) groups excluding carboxylic acids is 1. The van der Waals surface area contributed by atoms with Crippen molar-refractivity contribution in [3.63, 3.8) is 0 Å². The van der Waals surface area contributed by atoms with Crippen LogP contribution in [0.1, 0.15) is 25.0 Å². The Balaban J connectivity index is 2.34. The summed E-state index contributed by atoms with van der Waals surface area (Å²) in [6.45, 7) is 3.74. The topological polar surface area (TPSA) is 84.9 Å². The fourth-order valence-electron chi connectivity index (χ4n) is 2.36. The fourth-order valence-corrected chi connectivity index (χ4v) is 3.15. The lowest BCUT2D eigenvalue weighted by atomic mass is 10.1. The molecule has 148 valence electrons. The van der Waals surface area contributed by atoms with E-state index in [1.165, 1.54) is 13.0 Å². The van der Waals surface area contributed by atoms with Crippen molar-refractivity contribution in [3.8, 4) is 11.5 Å². The SMILES string of the molecule is CCOc1cc(/C=C(/NC(C)=O)C(=O)O)cc(Br)c1OCc1cccc(Cl)c1. The maximum Gasteiger partial charge on any atom is 0.352 e. The van der Waals surface area contributed by atoms with Crippen molar-refractivity contribution in [1.29, 1.82) is 0 Å². The number of carboxylic acids is 1. The minimum Gasteiger partial charge on any atom is -0.490 e. The molecule has 2 aromatic carbocycles. The molecule has 2 N–H and O–H groups in total. The monoisotopic (exact) mass is 467 g/mol. The lowest BCUT2D eigenvalue weighted by Gasteiger charge is -2.15. The van der Waals surface area contributed by atoms with Gasteiger partial charge in [0.2, 0.25) is 5.91 Å². The zero-order valence-electron chi connectivity index (χ0n) is 15.3. The summed E-state index contributed by atoms with van der Waals surface area (Å²) >= 11 is 9.43. The fraction of sp³-hybridized carbons (Fsp3) is 0.200. The molecule has 2 rings (SSSR count). The lowest BCUT2D eigenvalue weighted by molar-refractivity contribution is -0.134. The Morgan fingerprint density at radius 2 is 2.00 bits per heavy atom. The molecule has 0 fully saturated rings. The van der Waals surface area contributed by atoms with E-state index in [1.807, 2.05) is 19.1 Å². The molecule has 0 atom stereocenters. The third-order valence-electron chi connectivity index (χ3n) is 3.46. The zero-order chi connectivity index (χ0) is 20.7. The average molecular weight is 469 g/mol. The summed E-state index contributed by atoms with van der Waals surface area (Å²) in [5, 5.41) is 12.2. The number of aliphatic carboxylic acids is 1. The van der Waals surface area contributed by atoms with Crippen LogP contribution in [0.15, 0.2) is 46.6 Å². The third kappa shape index (κ3) is 6.28. The van der Waals surface area contributed by atoms with Gasteiger partial charge in [0.05, 0.1) is 11.1 Å². The highest BCUT2D eigenvalue weighted by Gasteiger charge is 2.15. The molecule has 0 aliphatic carbocycles. The molecule has 2 aromatic rings. The maximum atomic E-state index is 11.3. The van der Waals surface area contributed by atoms with E-state index < -0.39 is 11.9 Å². The number of hydrogen-bond donors (Lipinski definition) is 2. The van der Waals surface area contributed by atoms with Gasteiger partial charge in [0.1, 0.15) is 12.3 Å². The summed E-state index contributed by atoms with van der Waals surface area (Å²) in [4.78, 5) is 22.5. The number of carboxylic acid groups (broad SMARTS) is 1. The van der Waals surface area contributed by atoms with Gasteiger partial charge in [-0.3, -0.25) is 4.79 Å². The van der Waals surface area contributed by atoms with Gasteiger partial charge in [-0.15, -0.1) is 0 Å². The molecule has 0 saturated heterocycles. The van der Waals surface area contributed by atoms with Crippen LogP contribution in [0.25, 0.3) is 6.08 Å². The van der Waals surface area contributed by atoms with E-state index in [0.717, 1.165) is 5.56 Å². The van der Waals surface area contributed by atoms with Gasteiger partial charge < -0.3 is 19.9 Å². The normalized spacial score (nSPS) is 11.1. The van der Waals surface area contributed by atoms with Crippen molar-refractivity contribution in [2.75, 3.05) is 6.61 Å². The second kappa shape index (κ2) is 10.1. The van der Waals surface area contributed by atoms with Crippen LogP contribution >= 0.6 is 27.5 Å². The smallest absolute Gasteiger partial charge is 0.352 e. The Bertz CT molecular complexity index is 913. The molecular formula is C20H19BrClNO5. The summed E-state index contributed by atoms with van der Waals surface area (Å²) in [6.07, 6.45) is 1.35. The Morgan fingerprint density at radius 3 is 2.61 bits per heavy atom. The molecule has 0 radical (unpaired) electrons. The molecular weight excluding hydrogens is 450 g/mol. The minimum absolute atomic E-state index is 0.241. The molecule has 1 amide bonds. The van der Waals surface area contributed by atoms with Crippen LogP contribution in [0.2, 0.25) is 5.02 Å². The molecule has 0 bridgehead atoms. The predicted octanol–water partition coefficient (Wildman–Crippen LogP) is 4.64. The van der Waals surface area contributed by atoms with Crippen molar-refractivity contribution in [2.24, 2.45) is 0 Å². The highest BCUT2D eigenvalue weighted by molar-refractivity contribution is 9.10. The van der Waals surface area contributed by atoms with Crippen LogP contribution in [0.3, 0.4) is 0 Å². The van der Waals surface area contributed by atoms with E-state index in [4.69, 9.17) is 21.1 Å². The molecule has 0 aromatic heterocycles. The van der Waals surface area contributed by atoms with E-state index in [0.29, 0.717) is 33.2 Å². The number of halogens is 2. The summed E-state index contributed by atoms with van der Waals surface area (Å²) in [5.74, 6) is -0.794. The van der Waals surface area contributed by atoms with E-state index in [1.54, 1.807) is 24.3 Å². The Hall–Kier alpha value is -2.51. The van der Waals surface area contributed by atoms with Gasteiger partial charge >= 0.3 is 5.97 Å². The molecule has 0 saturated carbocycles. The first-order valence-electron chi connectivity index (χ1n) is 8.36. The number of nitrogens with one attached hydrogen (secondary N) is 1. The summed E-state index contributed by atoms with van der Waals surface area (Å²) in [7, 11) is 0. The predicted molar refractivity (Wildman–Crippen MR) is 111 cm³/mol. The molecule has 0 unspecified atom stereocenters. The number of ether oxygens (including phenoxy) is 2. The molecule has 0 aliphatic rings. The summed E-state index contributed by atoms with van der Waals surface area (Å²) < 4.78 is 12.1. The van der Waals surface area contributed by atoms with E-state index in [-0.39, 0.29) is 12.3 Å². The number of rotatable bonds is 8. The second-order valence-corrected chi connectivity index (χ2v) is 7.02. The van der Waals surface area contributed by atoms with E-state index in [9.17, 15) is 14.7 Å². The van der Waals surface area contributed by atoms with E-state index in [2.05, 4.69) is 21.2 Å². The highest BCUT2D eigenvalue weighted by Crippen LogP contribution is 2.38. The average Bonchev–Trinajstić information content (AvgIpc) is 2.60. The van der Waals surface area contributed by atoms with Crippen molar-refractivity contribution in [1.82, 2.24) is 5.32 Å². The summed E-state index contributed by atoms with van der Waals surface area (Å²) in [6, 6.07) is 10.6. The van der Waals surface area contributed by atoms with Crippen LogP contribution in [0.4, 0.5) is 0 Å². The largest absolute Gasteiger partial charge is 0.490 e. The quantitative estimate of drug-likeness (QED) is 0.551. The molecule has 28 heavy (non-hydrogen) atoms. The first-order valence-corrected chi connectivity index (χ1v) is 9.53. The van der Waals surface area contributed by atoms with Crippen LogP contribution in [0.5, 0.6) is 11.5 Å². The lowest BCUT2D eigenvalue weighted by Crippen LogP contribution is -2.24. The molecule has 0 spiro atoms. The van der Waals surface area contributed by atoms with Crippen LogP contribution < -0.4 is 14.8 Å². The molecule has 8 heteroatoms. The zero-order valence-corrected chi connectivity index (χ0v) is 17.6. The maximum absolute atomic E-state index is 11.3. The highest BCUT2D eigenvalue weighted by atomic mass is 79.9. The summed E-state index contributed by atoms with van der Waals surface area (Å²) in [5.41, 5.74) is 1.18. The van der Waals surface area contributed by atoms with Crippen LogP contribution in [0, 0.1) is 0 Å². The van der Waals surface area contributed by atoms with Crippen molar-refractivity contribution in [2.45, 2.75) is 20.5 Å². The number of benzene rings is 2. The van der Waals surface area contributed by atoms with Crippen molar-refractivity contribution in [3.05, 3.63) is 62.7 Å². The minimum atomic E-state index is -1.24. The standard InChI is InChI=1S/C20H19BrClNO5/c1-3-27-18-10-14(9-17(20(25)26)23-12(2)24)8-16(21)19(18)28-11-13-5-4-6-15(22)7-13/h4-10H,3,11H2,1-2H3,(H,23,24)(H,25,26)/b17-9+. The van der Waals surface area contributed by atoms with Gasteiger partial charge in [-0.25, -0.2) is 4.79 Å². The van der Waals surface area contributed by atoms with Gasteiger partial charge in [-0.05, 0) is 64.3 Å². The van der Waals surface area contributed by atoms with Gasteiger partial charge in [-0.1, -0.05) is 23.7 Å². The number of amides is 1. The van der Waals surface area contributed by atoms with Crippen molar-refractivity contribution >= 4 is 45.5 Å². The van der Waals surface area contributed by atoms with Gasteiger partial charge in [-0.2, -0.15) is 0 Å². The Morgan fingerprint density at radius 1 is 1.25 bits per heavy atom. The number of hydrogen-bond acceptors (Lipinski definition) is 4. The van der Waals surface area contributed by atoms with Gasteiger partial charge in [0.25, 0.3) is 0 Å². The van der Waals surface area contributed by atoms with Gasteiger partial charge in [0.15, 0.2) is 11.5 Å². The second-order valence-electron chi connectivity index (χ2n) is 5.73. The van der Waals surface area contributed by atoms with Crippen molar-refractivity contribution < 1.29 is 24.2 Å². The first kappa shape index (κ1) is 21.8. The van der Waals surface area contributed by atoms with E-state index >= 15 is 0 Å². The number of carbonyl (C=O) groups is 2. The van der Waals surface area contributed by atoms with Crippen LogP contribution in [-0.4, -0.2) is 23.6 Å². The Kier molecular flexibility index (Phi) is 7.90.